The number of rotatable bonds is 10. The number of hydrogen-bond acceptors (Lipinski definition) is 8. The van der Waals surface area contributed by atoms with E-state index in [9.17, 15) is 19.6 Å². The Morgan fingerprint density at radius 2 is 1.92 bits per heavy atom. The largest absolute Gasteiger partial charge is 0.385 e. The molecule has 3 amide bonds. The number of likely N-dealkylation sites (tertiary alicyclic amines) is 1. The molecule has 2 aliphatic rings. The molecular weight excluding hydrogens is 536 g/mol. The average Bonchev–Trinajstić information content (AvgIpc) is 3.54. The van der Waals surface area contributed by atoms with Gasteiger partial charge in [0.2, 0.25) is 11.8 Å². The molecule has 0 aromatic heterocycles. The Balaban J connectivity index is 1.54. The van der Waals surface area contributed by atoms with Crippen molar-refractivity contribution in [3.8, 4) is 6.07 Å². The second-order valence-electron chi connectivity index (χ2n) is 9.40. The number of nitriles is 1. The lowest BCUT2D eigenvalue weighted by Gasteiger charge is -2.18. The number of carbonyl (C=O) groups is 3. The normalized spacial score (nSPS) is 18.4. The third-order valence-corrected chi connectivity index (χ3v) is 8.17. The number of carbonyl (C=O) groups excluding carboxylic acids is 3. The molecule has 0 spiro atoms. The van der Waals surface area contributed by atoms with E-state index < -0.39 is 11.2 Å². The van der Waals surface area contributed by atoms with Gasteiger partial charge in [0, 0.05) is 51.5 Å². The van der Waals surface area contributed by atoms with Crippen molar-refractivity contribution in [2.45, 2.75) is 37.9 Å². The van der Waals surface area contributed by atoms with E-state index in [2.05, 4.69) is 26.4 Å². The van der Waals surface area contributed by atoms with E-state index in [1.807, 2.05) is 30.3 Å². The van der Waals surface area contributed by atoms with Gasteiger partial charge in [-0.2, -0.15) is 5.26 Å². The monoisotopic (exact) mass is 572 g/mol. The summed E-state index contributed by atoms with van der Waals surface area (Å²) in [5, 5.41) is 16.1. The molecule has 0 radical (unpaired) electrons. The molecule has 0 aliphatic carbocycles. The van der Waals surface area contributed by atoms with Gasteiger partial charge in [-0.05, 0) is 69.7 Å². The van der Waals surface area contributed by atoms with Gasteiger partial charge >= 0.3 is 0 Å². The summed E-state index contributed by atoms with van der Waals surface area (Å²) in [6.45, 7) is 5.54. The number of thiocarbonyl (C=S) groups is 1. The minimum Gasteiger partial charge on any atom is -0.385 e. The van der Waals surface area contributed by atoms with Gasteiger partial charge in [0.25, 0.3) is 5.91 Å². The molecular formula is C26H36N8O3S2. The van der Waals surface area contributed by atoms with Crippen LogP contribution >= 0.6 is 24.0 Å². The Morgan fingerprint density at radius 1 is 1.21 bits per heavy atom. The van der Waals surface area contributed by atoms with E-state index in [1.54, 1.807) is 25.9 Å². The fourth-order valence-corrected chi connectivity index (χ4v) is 5.61. The summed E-state index contributed by atoms with van der Waals surface area (Å²) in [5.41, 5.74) is 6.40. The Bertz CT molecular complexity index is 1140. The second kappa shape index (κ2) is 14.7. The van der Waals surface area contributed by atoms with Crippen LogP contribution in [0.1, 0.15) is 32.6 Å². The van der Waals surface area contributed by atoms with Crippen molar-refractivity contribution in [2.75, 3.05) is 57.5 Å². The van der Waals surface area contributed by atoms with Crippen LogP contribution in [0.2, 0.25) is 0 Å². The summed E-state index contributed by atoms with van der Waals surface area (Å²) in [5.74, 6) is -0.814. The third-order valence-electron chi connectivity index (χ3n) is 6.33. The first-order valence-corrected chi connectivity index (χ1v) is 14.3. The zero-order valence-electron chi connectivity index (χ0n) is 22.6. The summed E-state index contributed by atoms with van der Waals surface area (Å²) in [6.07, 6.45) is 3.35. The standard InChI is InChI=1S/C26H36N8O3S2/c1-4-34-24(37)21(39-25(34)20(17-27)23(36)30-31-26(38)32(2)3)10-12-28-18-8-7-9-19(16-18)29-22(35)11-15-33-13-5-6-14-33/h7-9,16,21,28H,4-6,10-15H2,1-3H3,(H,29,35)(H,30,36)(H,31,38)/b25-20-. The molecule has 4 N–H and O–H groups in total. The summed E-state index contributed by atoms with van der Waals surface area (Å²) in [6, 6.07) is 9.41. The van der Waals surface area contributed by atoms with Crippen molar-refractivity contribution in [1.29, 1.82) is 5.26 Å². The molecule has 0 bridgehead atoms. The van der Waals surface area contributed by atoms with Crippen LogP contribution in [-0.2, 0) is 14.4 Å². The highest BCUT2D eigenvalue weighted by atomic mass is 32.2. The van der Waals surface area contributed by atoms with Gasteiger partial charge in [0.1, 0.15) is 16.7 Å². The molecule has 39 heavy (non-hydrogen) atoms. The van der Waals surface area contributed by atoms with Crippen molar-refractivity contribution in [2.24, 2.45) is 0 Å². The number of amides is 3. The van der Waals surface area contributed by atoms with Crippen molar-refractivity contribution in [1.82, 2.24) is 25.6 Å². The summed E-state index contributed by atoms with van der Waals surface area (Å²) in [4.78, 5) is 43.4. The van der Waals surface area contributed by atoms with Gasteiger partial charge in [-0.25, -0.2) is 0 Å². The van der Waals surface area contributed by atoms with Gasteiger partial charge in [0.15, 0.2) is 5.11 Å². The van der Waals surface area contributed by atoms with Crippen molar-refractivity contribution < 1.29 is 14.4 Å². The first-order chi connectivity index (χ1) is 18.7. The van der Waals surface area contributed by atoms with Crippen LogP contribution in [0.3, 0.4) is 0 Å². The molecule has 11 nitrogen and oxygen atoms in total. The summed E-state index contributed by atoms with van der Waals surface area (Å²) >= 11 is 6.30. The third kappa shape index (κ3) is 8.58. The van der Waals surface area contributed by atoms with Crippen LogP contribution in [0.5, 0.6) is 0 Å². The number of nitrogens with one attached hydrogen (secondary N) is 4. The van der Waals surface area contributed by atoms with Crippen LogP contribution in [-0.4, -0.2) is 89.6 Å². The van der Waals surface area contributed by atoms with E-state index in [0.29, 0.717) is 36.6 Å². The zero-order valence-corrected chi connectivity index (χ0v) is 24.2. The Kier molecular flexibility index (Phi) is 11.4. The highest BCUT2D eigenvalue weighted by Gasteiger charge is 2.38. The van der Waals surface area contributed by atoms with E-state index in [0.717, 1.165) is 25.3 Å². The maximum Gasteiger partial charge on any atom is 0.283 e. The van der Waals surface area contributed by atoms with Gasteiger partial charge < -0.3 is 25.3 Å². The predicted molar refractivity (Wildman–Crippen MR) is 157 cm³/mol. The minimum absolute atomic E-state index is 0.0120. The second-order valence-corrected chi connectivity index (χ2v) is 11.0. The molecule has 2 fully saturated rings. The quantitative estimate of drug-likeness (QED) is 0.143. The summed E-state index contributed by atoms with van der Waals surface area (Å²) in [7, 11) is 3.44. The first kappa shape index (κ1) is 30.2. The van der Waals surface area contributed by atoms with E-state index in [4.69, 9.17) is 12.2 Å². The van der Waals surface area contributed by atoms with Gasteiger partial charge in [0.05, 0.1) is 5.25 Å². The molecule has 13 heteroatoms. The number of thioether (sulfide) groups is 1. The van der Waals surface area contributed by atoms with Crippen LogP contribution in [0.4, 0.5) is 11.4 Å². The van der Waals surface area contributed by atoms with Crippen LogP contribution < -0.4 is 21.5 Å². The van der Waals surface area contributed by atoms with Gasteiger partial charge in [-0.1, -0.05) is 17.8 Å². The molecule has 1 aromatic carbocycles. The first-order valence-electron chi connectivity index (χ1n) is 13.0. The van der Waals surface area contributed by atoms with Crippen LogP contribution in [0.25, 0.3) is 0 Å². The minimum atomic E-state index is -0.659. The number of nitrogens with zero attached hydrogens (tertiary/aromatic N) is 4. The zero-order chi connectivity index (χ0) is 28.4. The lowest BCUT2D eigenvalue weighted by Crippen LogP contribution is -2.47. The summed E-state index contributed by atoms with van der Waals surface area (Å²) < 4.78 is 0. The van der Waals surface area contributed by atoms with Crippen LogP contribution in [0, 0.1) is 11.3 Å². The molecule has 210 valence electrons. The number of benzene rings is 1. The maximum atomic E-state index is 13.0. The molecule has 1 atom stereocenters. The Hall–Kier alpha value is -3.34. The lowest BCUT2D eigenvalue weighted by atomic mass is 10.2. The highest BCUT2D eigenvalue weighted by Crippen LogP contribution is 2.38. The number of anilines is 2. The average molecular weight is 573 g/mol. The smallest absolute Gasteiger partial charge is 0.283 e. The highest BCUT2D eigenvalue weighted by molar-refractivity contribution is 8.04. The molecule has 2 aliphatic heterocycles. The van der Waals surface area contributed by atoms with E-state index in [1.165, 1.54) is 29.5 Å². The molecule has 2 heterocycles. The SMILES string of the molecule is CCN1C(=O)C(CCNc2cccc(NC(=O)CCN3CCCC3)c2)S/C1=C(/C#N)C(=O)NNC(=S)N(C)C. The lowest BCUT2D eigenvalue weighted by molar-refractivity contribution is -0.127. The van der Waals surface area contributed by atoms with Gasteiger partial charge in [-0.3, -0.25) is 25.2 Å². The molecule has 2 saturated heterocycles. The fraction of sp³-hybridized carbons (Fsp3) is 0.500. The molecule has 0 saturated carbocycles. The predicted octanol–water partition coefficient (Wildman–Crippen LogP) is 2.08. The van der Waals surface area contributed by atoms with Crippen molar-refractivity contribution >= 4 is 58.2 Å². The molecule has 1 aromatic rings. The van der Waals surface area contributed by atoms with Crippen molar-refractivity contribution in [3.63, 3.8) is 0 Å². The van der Waals surface area contributed by atoms with Crippen LogP contribution in [0.15, 0.2) is 34.9 Å². The molecule has 3 rings (SSSR count). The van der Waals surface area contributed by atoms with Crippen molar-refractivity contribution in [3.05, 3.63) is 34.9 Å². The maximum absolute atomic E-state index is 13.0. The van der Waals surface area contributed by atoms with E-state index in [-0.39, 0.29) is 22.5 Å². The fourth-order valence-electron chi connectivity index (χ4n) is 4.22. The Morgan fingerprint density at radius 3 is 2.59 bits per heavy atom. The number of hydrogen-bond donors (Lipinski definition) is 4. The number of hydrazine groups is 1. The Labute approximate surface area is 239 Å². The van der Waals surface area contributed by atoms with E-state index >= 15 is 0 Å². The molecule has 1 unspecified atom stereocenters. The topological polar surface area (TPSA) is 133 Å². The van der Waals surface area contributed by atoms with Gasteiger partial charge in [-0.15, -0.1) is 0 Å².